The zero-order valence-corrected chi connectivity index (χ0v) is 14.3. The number of ether oxygens (including phenoxy) is 1. The number of thiophene rings is 1. The van der Waals surface area contributed by atoms with E-state index in [2.05, 4.69) is 52.1 Å². The molecular formula is C17H29NOS. The molecule has 0 amide bonds. The lowest BCUT2D eigenvalue weighted by Gasteiger charge is -2.32. The van der Waals surface area contributed by atoms with Crippen molar-refractivity contribution in [1.82, 2.24) is 5.32 Å². The lowest BCUT2D eigenvalue weighted by Crippen LogP contribution is -2.34. The average Bonchev–Trinajstić information content (AvgIpc) is 2.86. The zero-order valence-electron chi connectivity index (χ0n) is 13.5. The van der Waals surface area contributed by atoms with Crippen LogP contribution in [0.4, 0.5) is 0 Å². The number of hydrogen-bond donors (Lipinski definition) is 1. The third kappa shape index (κ3) is 4.06. The molecule has 0 spiro atoms. The zero-order chi connectivity index (χ0) is 14.8. The highest BCUT2D eigenvalue weighted by Gasteiger charge is 2.29. The minimum atomic E-state index is 0.239. The molecule has 0 saturated carbocycles. The van der Waals surface area contributed by atoms with Gasteiger partial charge in [-0.25, -0.2) is 0 Å². The maximum atomic E-state index is 6.11. The van der Waals surface area contributed by atoms with Crippen LogP contribution in [0, 0.1) is 5.92 Å². The minimum Gasteiger partial charge on any atom is -0.372 e. The van der Waals surface area contributed by atoms with Crippen LogP contribution in [-0.2, 0) is 10.2 Å². The van der Waals surface area contributed by atoms with Crippen molar-refractivity contribution in [2.45, 2.75) is 65.0 Å². The molecule has 0 radical (unpaired) electrons. The normalized spacial score (nSPS) is 24.3. The quantitative estimate of drug-likeness (QED) is 0.882. The van der Waals surface area contributed by atoms with Gasteiger partial charge in [0.25, 0.3) is 0 Å². The first-order chi connectivity index (χ1) is 9.38. The van der Waals surface area contributed by atoms with E-state index < -0.39 is 0 Å². The standard InChI is InChI=1S/C17H29NOS/c1-12(2)18-11-13-7-6-10-19-16(13)14-8-9-15(20-14)17(3,4)5/h8-9,12-13,16,18H,6-7,10-11H2,1-5H3. The predicted octanol–water partition coefficient (Wildman–Crippen LogP) is 4.51. The largest absolute Gasteiger partial charge is 0.372 e. The second-order valence-corrected chi connectivity index (χ2v) is 8.32. The summed E-state index contributed by atoms with van der Waals surface area (Å²) in [5.74, 6) is 0.609. The van der Waals surface area contributed by atoms with Crippen molar-refractivity contribution < 1.29 is 4.74 Å². The topological polar surface area (TPSA) is 21.3 Å². The van der Waals surface area contributed by atoms with Crippen LogP contribution in [0.3, 0.4) is 0 Å². The molecule has 2 rings (SSSR count). The summed E-state index contributed by atoms with van der Waals surface area (Å²) in [6, 6.07) is 5.11. The van der Waals surface area contributed by atoms with E-state index in [1.165, 1.54) is 22.6 Å². The number of hydrogen-bond acceptors (Lipinski definition) is 3. The highest BCUT2D eigenvalue weighted by atomic mass is 32.1. The van der Waals surface area contributed by atoms with Crippen LogP contribution < -0.4 is 5.32 Å². The van der Waals surface area contributed by atoms with Gasteiger partial charge in [0.1, 0.15) is 0 Å². The Kier molecular flexibility index (Phi) is 5.27. The van der Waals surface area contributed by atoms with E-state index in [0.29, 0.717) is 12.0 Å². The van der Waals surface area contributed by atoms with E-state index in [1.807, 2.05) is 11.3 Å². The van der Waals surface area contributed by atoms with Gasteiger partial charge in [-0.2, -0.15) is 0 Å². The fraction of sp³-hybridized carbons (Fsp3) is 0.765. The lowest BCUT2D eigenvalue weighted by atomic mass is 9.92. The Bertz CT molecular complexity index is 419. The smallest absolute Gasteiger partial charge is 0.0956 e. The molecule has 1 aliphatic heterocycles. The number of nitrogens with one attached hydrogen (secondary N) is 1. The Labute approximate surface area is 127 Å². The van der Waals surface area contributed by atoms with Crippen molar-refractivity contribution in [3.63, 3.8) is 0 Å². The Morgan fingerprint density at radius 1 is 1.35 bits per heavy atom. The summed E-state index contributed by atoms with van der Waals surface area (Å²) in [5, 5.41) is 3.58. The summed E-state index contributed by atoms with van der Waals surface area (Å²) in [4.78, 5) is 2.86. The SMILES string of the molecule is CC(C)NCC1CCCOC1c1ccc(C(C)(C)C)s1. The lowest BCUT2D eigenvalue weighted by molar-refractivity contribution is -0.0260. The van der Waals surface area contributed by atoms with E-state index in [0.717, 1.165) is 13.2 Å². The summed E-state index contributed by atoms with van der Waals surface area (Å²) >= 11 is 1.93. The summed E-state index contributed by atoms with van der Waals surface area (Å²) < 4.78 is 6.11. The van der Waals surface area contributed by atoms with Crippen molar-refractivity contribution in [3.05, 3.63) is 21.9 Å². The van der Waals surface area contributed by atoms with E-state index >= 15 is 0 Å². The van der Waals surface area contributed by atoms with E-state index in [1.54, 1.807) is 0 Å². The third-order valence-electron chi connectivity index (χ3n) is 3.88. The Balaban J connectivity index is 2.09. The van der Waals surface area contributed by atoms with Gasteiger partial charge < -0.3 is 10.1 Å². The first-order valence-electron chi connectivity index (χ1n) is 7.83. The van der Waals surface area contributed by atoms with Gasteiger partial charge in [-0.15, -0.1) is 11.3 Å². The van der Waals surface area contributed by atoms with Crippen LogP contribution in [0.5, 0.6) is 0 Å². The molecule has 1 aromatic heterocycles. The van der Waals surface area contributed by atoms with Gasteiger partial charge in [0.05, 0.1) is 6.10 Å². The second-order valence-electron chi connectivity index (χ2n) is 7.21. The molecule has 114 valence electrons. The van der Waals surface area contributed by atoms with Gasteiger partial charge in [-0.1, -0.05) is 34.6 Å². The average molecular weight is 295 g/mol. The highest BCUT2D eigenvalue weighted by Crippen LogP contribution is 2.39. The monoisotopic (exact) mass is 295 g/mol. The molecule has 2 nitrogen and oxygen atoms in total. The second kappa shape index (κ2) is 6.59. The van der Waals surface area contributed by atoms with Gasteiger partial charge in [0, 0.05) is 34.9 Å². The molecule has 1 fully saturated rings. The van der Waals surface area contributed by atoms with Crippen molar-refractivity contribution in [2.75, 3.05) is 13.2 Å². The maximum absolute atomic E-state index is 6.11. The molecule has 2 heterocycles. The van der Waals surface area contributed by atoms with Crippen LogP contribution >= 0.6 is 11.3 Å². The first kappa shape index (κ1) is 16.0. The Morgan fingerprint density at radius 2 is 2.10 bits per heavy atom. The molecule has 1 aliphatic rings. The highest BCUT2D eigenvalue weighted by molar-refractivity contribution is 7.12. The van der Waals surface area contributed by atoms with Crippen LogP contribution in [0.1, 0.15) is 63.3 Å². The molecule has 2 atom stereocenters. The fourth-order valence-electron chi connectivity index (χ4n) is 2.66. The molecule has 1 aromatic rings. The molecule has 1 saturated heterocycles. The molecule has 1 N–H and O–H groups in total. The third-order valence-corrected chi connectivity index (χ3v) is 5.45. The first-order valence-corrected chi connectivity index (χ1v) is 8.65. The van der Waals surface area contributed by atoms with Crippen LogP contribution in [0.2, 0.25) is 0 Å². The van der Waals surface area contributed by atoms with E-state index in [4.69, 9.17) is 4.74 Å². The Hall–Kier alpha value is -0.380. The van der Waals surface area contributed by atoms with Crippen molar-refractivity contribution in [3.8, 4) is 0 Å². The summed E-state index contributed by atoms with van der Waals surface area (Å²) in [6.07, 6.45) is 2.75. The van der Waals surface area contributed by atoms with Gasteiger partial charge in [0.2, 0.25) is 0 Å². The van der Waals surface area contributed by atoms with Gasteiger partial charge in [-0.3, -0.25) is 0 Å². The summed E-state index contributed by atoms with van der Waals surface area (Å²) in [7, 11) is 0. The van der Waals surface area contributed by atoms with Gasteiger partial charge in [0.15, 0.2) is 0 Å². The van der Waals surface area contributed by atoms with E-state index in [9.17, 15) is 0 Å². The molecule has 2 unspecified atom stereocenters. The molecule has 20 heavy (non-hydrogen) atoms. The van der Waals surface area contributed by atoms with Crippen LogP contribution in [-0.4, -0.2) is 19.2 Å². The molecule has 0 aliphatic carbocycles. The molecule has 0 aromatic carbocycles. The minimum absolute atomic E-state index is 0.239. The van der Waals surface area contributed by atoms with Crippen LogP contribution in [0.25, 0.3) is 0 Å². The van der Waals surface area contributed by atoms with Crippen molar-refractivity contribution >= 4 is 11.3 Å². The molecule has 0 bridgehead atoms. The van der Waals surface area contributed by atoms with Crippen LogP contribution in [0.15, 0.2) is 12.1 Å². The predicted molar refractivity (Wildman–Crippen MR) is 87.6 cm³/mol. The molecular weight excluding hydrogens is 266 g/mol. The Morgan fingerprint density at radius 3 is 2.70 bits per heavy atom. The summed E-state index contributed by atoms with van der Waals surface area (Å²) in [5.41, 5.74) is 0.239. The van der Waals surface area contributed by atoms with Crippen molar-refractivity contribution in [1.29, 1.82) is 0 Å². The number of rotatable bonds is 4. The van der Waals surface area contributed by atoms with E-state index in [-0.39, 0.29) is 11.5 Å². The van der Waals surface area contributed by atoms with Gasteiger partial charge >= 0.3 is 0 Å². The fourth-order valence-corrected chi connectivity index (χ4v) is 3.87. The van der Waals surface area contributed by atoms with Crippen molar-refractivity contribution in [2.24, 2.45) is 5.92 Å². The molecule has 3 heteroatoms. The van der Waals surface area contributed by atoms with Gasteiger partial charge in [-0.05, 0) is 30.4 Å². The maximum Gasteiger partial charge on any atom is 0.0956 e. The summed E-state index contributed by atoms with van der Waals surface area (Å²) in [6.45, 7) is 13.2.